The lowest BCUT2D eigenvalue weighted by atomic mass is 10.1. The summed E-state index contributed by atoms with van der Waals surface area (Å²) in [7, 11) is 0. The van der Waals surface area contributed by atoms with Crippen LogP contribution in [0.1, 0.15) is 28.9 Å². The molecular weight excluding hydrogens is 350 g/mol. The fourth-order valence-corrected chi connectivity index (χ4v) is 2.61. The number of amides is 1. The summed E-state index contributed by atoms with van der Waals surface area (Å²) in [5.41, 5.74) is 0.807. The third-order valence-electron chi connectivity index (χ3n) is 3.20. The highest BCUT2D eigenvalue weighted by molar-refractivity contribution is 7.99. The van der Waals surface area contributed by atoms with E-state index in [1.54, 1.807) is 6.92 Å². The molecule has 1 N–H and O–H groups in total. The Morgan fingerprint density at radius 2 is 1.92 bits per heavy atom. The molecule has 0 aliphatic rings. The van der Waals surface area contributed by atoms with Crippen molar-refractivity contribution in [3.05, 3.63) is 59.8 Å². The predicted octanol–water partition coefficient (Wildman–Crippen LogP) is 3.43. The standard InChI is InChI=1S/C17H16F2N2O3S/c1-11(12-6-3-2-4-7-12)21-14(22)10-24-16(23)13-8-5-9-20-15(13)25-17(18)19/h2-9,11,17H,10H2,1H3,(H,21,22). The van der Waals surface area contributed by atoms with Gasteiger partial charge in [-0.3, -0.25) is 4.79 Å². The molecule has 0 aliphatic carbocycles. The van der Waals surface area contributed by atoms with Gasteiger partial charge in [0.25, 0.3) is 11.7 Å². The molecule has 0 saturated heterocycles. The summed E-state index contributed by atoms with van der Waals surface area (Å²) in [6, 6.07) is 11.8. The summed E-state index contributed by atoms with van der Waals surface area (Å²) >= 11 is 0.150. The second-order valence-electron chi connectivity index (χ2n) is 5.01. The van der Waals surface area contributed by atoms with Crippen molar-refractivity contribution in [2.45, 2.75) is 23.7 Å². The van der Waals surface area contributed by atoms with E-state index in [4.69, 9.17) is 4.74 Å². The lowest BCUT2D eigenvalue weighted by Gasteiger charge is -2.14. The molecule has 1 heterocycles. The molecule has 1 atom stereocenters. The third-order valence-corrected chi connectivity index (χ3v) is 3.93. The second-order valence-corrected chi connectivity index (χ2v) is 5.99. The first-order chi connectivity index (χ1) is 12.0. The fourth-order valence-electron chi connectivity index (χ4n) is 2.04. The van der Waals surface area contributed by atoms with Gasteiger partial charge in [-0.2, -0.15) is 8.78 Å². The number of nitrogens with zero attached hydrogens (tertiary/aromatic N) is 1. The molecule has 25 heavy (non-hydrogen) atoms. The van der Waals surface area contributed by atoms with Crippen LogP contribution < -0.4 is 5.32 Å². The first-order valence-electron chi connectivity index (χ1n) is 7.38. The van der Waals surface area contributed by atoms with Crippen LogP contribution in [0.2, 0.25) is 0 Å². The Hall–Kier alpha value is -2.48. The second kappa shape index (κ2) is 9.12. The Morgan fingerprint density at radius 1 is 1.20 bits per heavy atom. The average Bonchev–Trinajstić information content (AvgIpc) is 2.60. The summed E-state index contributed by atoms with van der Waals surface area (Å²) in [6.07, 6.45) is 1.30. The molecule has 0 spiro atoms. The number of hydrogen-bond donors (Lipinski definition) is 1. The van der Waals surface area contributed by atoms with Crippen LogP contribution in [0.25, 0.3) is 0 Å². The van der Waals surface area contributed by atoms with Crippen LogP contribution in [-0.4, -0.2) is 29.2 Å². The largest absolute Gasteiger partial charge is 0.452 e. The molecule has 0 saturated carbocycles. The molecule has 0 radical (unpaired) electrons. The first kappa shape index (κ1) is 18.9. The van der Waals surface area contributed by atoms with E-state index in [0.717, 1.165) is 5.56 Å². The van der Waals surface area contributed by atoms with Crippen molar-refractivity contribution in [1.82, 2.24) is 10.3 Å². The van der Waals surface area contributed by atoms with Crippen molar-refractivity contribution >= 4 is 23.6 Å². The van der Waals surface area contributed by atoms with Crippen molar-refractivity contribution in [1.29, 1.82) is 0 Å². The number of thioether (sulfide) groups is 1. The van der Waals surface area contributed by atoms with E-state index in [1.807, 2.05) is 30.3 Å². The van der Waals surface area contributed by atoms with Gasteiger partial charge in [-0.1, -0.05) is 30.3 Å². The van der Waals surface area contributed by atoms with Crippen molar-refractivity contribution in [2.24, 2.45) is 0 Å². The number of carbonyl (C=O) groups is 2. The molecule has 1 amide bonds. The average molecular weight is 366 g/mol. The van der Waals surface area contributed by atoms with Crippen LogP contribution >= 0.6 is 11.8 Å². The van der Waals surface area contributed by atoms with Gasteiger partial charge in [0.1, 0.15) is 5.03 Å². The maximum Gasteiger partial charge on any atom is 0.341 e. The van der Waals surface area contributed by atoms with Crippen LogP contribution in [0, 0.1) is 0 Å². The molecular formula is C17H16F2N2O3S. The molecule has 0 aliphatic heterocycles. The number of pyridine rings is 1. The Balaban J connectivity index is 1.90. The third kappa shape index (κ3) is 5.82. The lowest BCUT2D eigenvalue weighted by Crippen LogP contribution is -2.31. The molecule has 0 fully saturated rings. The monoisotopic (exact) mass is 366 g/mol. The number of alkyl halides is 2. The van der Waals surface area contributed by atoms with E-state index < -0.39 is 24.2 Å². The highest BCUT2D eigenvalue weighted by atomic mass is 32.2. The number of benzene rings is 1. The van der Waals surface area contributed by atoms with Crippen LogP contribution in [0.3, 0.4) is 0 Å². The Labute approximate surface area is 147 Å². The summed E-state index contributed by atoms with van der Waals surface area (Å²) in [4.78, 5) is 27.6. The lowest BCUT2D eigenvalue weighted by molar-refractivity contribution is -0.124. The number of carbonyl (C=O) groups excluding carboxylic acids is 2. The molecule has 1 aromatic heterocycles. The predicted molar refractivity (Wildman–Crippen MR) is 89.4 cm³/mol. The van der Waals surface area contributed by atoms with Crippen LogP contribution in [0.4, 0.5) is 8.78 Å². The SMILES string of the molecule is CC(NC(=O)COC(=O)c1cccnc1SC(F)F)c1ccccc1. The van der Waals surface area contributed by atoms with E-state index in [9.17, 15) is 18.4 Å². The van der Waals surface area contributed by atoms with Crippen LogP contribution in [-0.2, 0) is 9.53 Å². The van der Waals surface area contributed by atoms with Gasteiger partial charge in [0.15, 0.2) is 6.61 Å². The van der Waals surface area contributed by atoms with Gasteiger partial charge in [0.05, 0.1) is 11.6 Å². The Kier molecular flexibility index (Phi) is 6.88. The van der Waals surface area contributed by atoms with E-state index in [1.165, 1.54) is 18.3 Å². The number of ether oxygens (including phenoxy) is 1. The smallest absolute Gasteiger partial charge is 0.341 e. The summed E-state index contributed by atoms with van der Waals surface area (Å²) in [5, 5.41) is 2.55. The molecule has 2 rings (SSSR count). The highest BCUT2D eigenvalue weighted by Crippen LogP contribution is 2.26. The minimum atomic E-state index is -2.71. The molecule has 8 heteroatoms. The zero-order chi connectivity index (χ0) is 18.2. The van der Waals surface area contributed by atoms with E-state index in [-0.39, 0.29) is 28.4 Å². The van der Waals surface area contributed by atoms with Crippen LogP contribution in [0.15, 0.2) is 53.7 Å². The maximum absolute atomic E-state index is 12.5. The normalized spacial score (nSPS) is 11.8. The number of rotatable bonds is 7. The van der Waals surface area contributed by atoms with Gasteiger partial charge in [-0.15, -0.1) is 0 Å². The van der Waals surface area contributed by atoms with Gasteiger partial charge >= 0.3 is 5.97 Å². The molecule has 2 aromatic rings. The molecule has 132 valence electrons. The number of hydrogen-bond acceptors (Lipinski definition) is 5. The number of nitrogens with one attached hydrogen (secondary N) is 1. The topological polar surface area (TPSA) is 68.3 Å². The van der Waals surface area contributed by atoms with Gasteiger partial charge in [0.2, 0.25) is 0 Å². The van der Waals surface area contributed by atoms with Gasteiger partial charge in [-0.25, -0.2) is 9.78 Å². The van der Waals surface area contributed by atoms with Crippen molar-refractivity contribution in [2.75, 3.05) is 6.61 Å². The van der Waals surface area contributed by atoms with Crippen molar-refractivity contribution in [3.63, 3.8) is 0 Å². The van der Waals surface area contributed by atoms with Gasteiger partial charge < -0.3 is 10.1 Å². The molecule has 0 bridgehead atoms. The Morgan fingerprint density at radius 3 is 2.60 bits per heavy atom. The van der Waals surface area contributed by atoms with Gasteiger partial charge in [0, 0.05) is 6.20 Å². The van der Waals surface area contributed by atoms with E-state index in [0.29, 0.717) is 0 Å². The Bertz CT molecular complexity index is 729. The fraction of sp³-hybridized carbons (Fsp3) is 0.235. The maximum atomic E-state index is 12.5. The summed E-state index contributed by atoms with van der Waals surface area (Å²) in [5.74, 6) is -4.08. The quantitative estimate of drug-likeness (QED) is 0.601. The van der Waals surface area contributed by atoms with Gasteiger partial charge in [-0.05, 0) is 36.4 Å². The molecule has 1 aromatic carbocycles. The number of esters is 1. The number of halogens is 2. The summed E-state index contributed by atoms with van der Waals surface area (Å²) < 4.78 is 29.9. The van der Waals surface area contributed by atoms with Crippen molar-refractivity contribution < 1.29 is 23.1 Å². The van der Waals surface area contributed by atoms with E-state index in [2.05, 4.69) is 10.3 Å². The molecule has 5 nitrogen and oxygen atoms in total. The van der Waals surface area contributed by atoms with E-state index >= 15 is 0 Å². The molecule has 1 unspecified atom stereocenters. The minimum absolute atomic E-state index is 0.100. The highest BCUT2D eigenvalue weighted by Gasteiger charge is 2.19. The van der Waals surface area contributed by atoms with Crippen molar-refractivity contribution in [3.8, 4) is 0 Å². The van der Waals surface area contributed by atoms with Crippen LogP contribution in [0.5, 0.6) is 0 Å². The summed E-state index contributed by atoms with van der Waals surface area (Å²) in [6.45, 7) is 1.29. The first-order valence-corrected chi connectivity index (χ1v) is 8.26. The zero-order valence-corrected chi connectivity index (χ0v) is 14.1. The number of aromatic nitrogens is 1. The zero-order valence-electron chi connectivity index (χ0n) is 13.3. The minimum Gasteiger partial charge on any atom is -0.452 e.